The van der Waals surface area contributed by atoms with Crippen LogP contribution < -0.4 is 0 Å². The van der Waals surface area contributed by atoms with E-state index in [0.717, 1.165) is 0 Å². The van der Waals surface area contributed by atoms with E-state index in [1.165, 1.54) is 0 Å². The molecule has 0 aromatic carbocycles. The Morgan fingerprint density at radius 1 is 1.21 bits per heavy atom. The Balaban J connectivity index is 3.82. The molecular formula is C9H18O5. The van der Waals surface area contributed by atoms with Crippen LogP contribution in [0, 0.1) is 0 Å². The first-order chi connectivity index (χ1) is 6.12. The van der Waals surface area contributed by atoms with Crippen molar-refractivity contribution in [3.8, 4) is 0 Å². The van der Waals surface area contributed by atoms with E-state index in [-0.39, 0.29) is 6.61 Å². The molecule has 0 aliphatic rings. The van der Waals surface area contributed by atoms with E-state index in [4.69, 9.17) is 14.9 Å². The van der Waals surface area contributed by atoms with Gasteiger partial charge in [-0.2, -0.15) is 0 Å². The molecule has 0 aromatic heterocycles. The Morgan fingerprint density at radius 2 is 1.71 bits per heavy atom. The molecule has 5 nitrogen and oxygen atoms in total. The smallest absolute Gasteiger partial charge is 0.450 e. The number of ether oxygens (including phenoxy) is 1. The number of hydrogen-bond acceptors (Lipinski definition) is 4. The summed E-state index contributed by atoms with van der Waals surface area (Å²) in [6, 6.07) is 0. The number of carbonyl (C=O) groups is 1. The van der Waals surface area contributed by atoms with Crippen LogP contribution in [0.5, 0.6) is 0 Å². The quantitative estimate of drug-likeness (QED) is 0.434. The van der Waals surface area contributed by atoms with Crippen molar-refractivity contribution in [3.63, 3.8) is 0 Å². The molecule has 0 saturated heterocycles. The minimum Gasteiger partial charge on any atom is -0.450 e. The Morgan fingerprint density at radius 3 is 2.07 bits per heavy atom. The van der Waals surface area contributed by atoms with Gasteiger partial charge in [-0.15, -0.1) is 0 Å². The highest BCUT2D eigenvalue weighted by molar-refractivity contribution is 5.57. The average molecular weight is 206 g/mol. The number of hydrogen-bond donors (Lipinski definition) is 1. The zero-order valence-corrected chi connectivity index (χ0v) is 9.29. The van der Waals surface area contributed by atoms with Gasteiger partial charge in [0.15, 0.2) is 0 Å². The first-order valence-corrected chi connectivity index (χ1v) is 4.35. The number of rotatable bonds is 4. The SMILES string of the molecule is CC(C)(C)OOCC(C)(C)OC(=O)O. The van der Waals surface area contributed by atoms with Crippen LogP contribution in [0.25, 0.3) is 0 Å². The maximum Gasteiger partial charge on any atom is 0.506 e. The largest absolute Gasteiger partial charge is 0.506 e. The Labute approximate surface area is 83.9 Å². The molecule has 14 heavy (non-hydrogen) atoms. The van der Waals surface area contributed by atoms with Crippen LogP contribution >= 0.6 is 0 Å². The third kappa shape index (κ3) is 7.82. The van der Waals surface area contributed by atoms with Gasteiger partial charge in [0.25, 0.3) is 0 Å². The highest BCUT2D eigenvalue weighted by atomic mass is 17.2. The van der Waals surface area contributed by atoms with Gasteiger partial charge in [-0.05, 0) is 34.6 Å². The van der Waals surface area contributed by atoms with E-state index in [1.54, 1.807) is 13.8 Å². The van der Waals surface area contributed by atoms with Crippen molar-refractivity contribution in [1.82, 2.24) is 0 Å². The number of carboxylic acid groups (broad SMARTS) is 1. The highest BCUT2D eigenvalue weighted by Gasteiger charge is 2.24. The molecule has 0 aromatic rings. The average Bonchev–Trinajstić information content (AvgIpc) is 1.78. The molecule has 0 amide bonds. The molecule has 0 saturated carbocycles. The first kappa shape index (κ1) is 13.2. The molecule has 0 aliphatic heterocycles. The second-order valence-corrected chi connectivity index (χ2v) is 4.59. The first-order valence-electron chi connectivity index (χ1n) is 4.35. The summed E-state index contributed by atoms with van der Waals surface area (Å²) in [5.41, 5.74) is -1.32. The van der Waals surface area contributed by atoms with Crippen molar-refractivity contribution in [1.29, 1.82) is 0 Å². The predicted molar refractivity (Wildman–Crippen MR) is 50.0 cm³/mol. The van der Waals surface area contributed by atoms with Crippen LogP contribution in [0.1, 0.15) is 34.6 Å². The van der Waals surface area contributed by atoms with Crippen LogP contribution in [-0.2, 0) is 14.5 Å². The van der Waals surface area contributed by atoms with Crippen molar-refractivity contribution < 1.29 is 24.4 Å². The highest BCUT2D eigenvalue weighted by Crippen LogP contribution is 2.13. The Hall–Kier alpha value is -0.810. The Kier molecular flexibility index (Phi) is 4.35. The molecule has 0 aliphatic carbocycles. The van der Waals surface area contributed by atoms with Crippen LogP contribution in [0.3, 0.4) is 0 Å². The molecule has 0 bridgehead atoms. The molecular weight excluding hydrogens is 188 g/mol. The van der Waals surface area contributed by atoms with Gasteiger partial charge < -0.3 is 9.84 Å². The van der Waals surface area contributed by atoms with Crippen LogP contribution in [-0.4, -0.2) is 29.1 Å². The van der Waals surface area contributed by atoms with E-state index >= 15 is 0 Å². The van der Waals surface area contributed by atoms with Crippen molar-refractivity contribution in [3.05, 3.63) is 0 Å². The summed E-state index contributed by atoms with van der Waals surface area (Å²) >= 11 is 0. The lowest BCUT2D eigenvalue weighted by atomic mass is 10.1. The summed E-state index contributed by atoms with van der Waals surface area (Å²) < 4.78 is 4.56. The molecule has 0 radical (unpaired) electrons. The Bertz CT molecular complexity index is 192. The van der Waals surface area contributed by atoms with Gasteiger partial charge in [-0.1, -0.05) is 0 Å². The van der Waals surface area contributed by atoms with Crippen LogP contribution in [0.2, 0.25) is 0 Å². The van der Waals surface area contributed by atoms with Gasteiger partial charge in [-0.3, -0.25) is 0 Å². The molecule has 5 heteroatoms. The topological polar surface area (TPSA) is 65.0 Å². The fourth-order valence-electron chi connectivity index (χ4n) is 0.614. The zero-order valence-electron chi connectivity index (χ0n) is 9.29. The van der Waals surface area contributed by atoms with E-state index < -0.39 is 17.4 Å². The zero-order chi connectivity index (χ0) is 11.4. The van der Waals surface area contributed by atoms with Crippen LogP contribution in [0.15, 0.2) is 0 Å². The monoisotopic (exact) mass is 206 g/mol. The maximum atomic E-state index is 10.3. The van der Waals surface area contributed by atoms with E-state index in [1.807, 2.05) is 20.8 Å². The second-order valence-electron chi connectivity index (χ2n) is 4.59. The summed E-state index contributed by atoms with van der Waals surface area (Å²) in [6.45, 7) is 8.75. The fourth-order valence-corrected chi connectivity index (χ4v) is 0.614. The minimum atomic E-state index is -1.32. The standard InChI is InChI=1S/C9H18O5/c1-8(2,3)14-12-6-9(4,5)13-7(10)11/h6H2,1-5H3,(H,10,11). The molecule has 84 valence electrons. The molecule has 0 fully saturated rings. The summed E-state index contributed by atoms with van der Waals surface area (Å²) in [6.07, 6.45) is -1.32. The van der Waals surface area contributed by atoms with Crippen molar-refractivity contribution in [2.45, 2.75) is 45.8 Å². The van der Waals surface area contributed by atoms with Gasteiger partial charge in [0.1, 0.15) is 12.2 Å². The summed E-state index contributed by atoms with van der Waals surface area (Å²) in [5, 5.41) is 8.39. The van der Waals surface area contributed by atoms with Gasteiger partial charge in [-0.25, -0.2) is 14.6 Å². The molecule has 0 atom stereocenters. The van der Waals surface area contributed by atoms with E-state index in [9.17, 15) is 4.79 Å². The molecule has 0 spiro atoms. The second kappa shape index (κ2) is 4.61. The van der Waals surface area contributed by atoms with E-state index in [0.29, 0.717) is 0 Å². The fraction of sp³-hybridized carbons (Fsp3) is 0.889. The molecule has 1 N–H and O–H groups in total. The third-order valence-electron chi connectivity index (χ3n) is 1.08. The van der Waals surface area contributed by atoms with Gasteiger partial charge in [0, 0.05) is 0 Å². The third-order valence-corrected chi connectivity index (χ3v) is 1.08. The van der Waals surface area contributed by atoms with E-state index in [2.05, 4.69) is 4.74 Å². The van der Waals surface area contributed by atoms with Crippen molar-refractivity contribution >= 4 is 6.16 Å². The summed E-state index contributed by atoms with van der Waals surface area (Å²) in [7, 11) is 0. The lowest BCUT2D eigenvalue weighted by Crippen LogP contribution is -2.34. The molecule has 0 heterocycles. The predicted octanol–water partition coefficient (Wildman–Crippen LogP) is 2.21. The van der Waals surface area contributed by atoms with Gasteiger partial charge in [0.2, 0.25) is 0 Å². The lowest BCUT2D eigenvalue weighted by Gasteiger charge is -2.25. The van der Waals surface area contributed by atoms with Gasteiger partial charge >= 0.3 is 6.16 Å². The van der Waals surface area contributed by atoms with Crippen LogP contribution in [0.4, 0.5) is 4.79 Å². The minimum absolute atomic E-state index is 0.0522. The molecule has 0 unspecified atom stereocenters. The van der Waals surface area contributed by atoms with Crippen molar-refractivity contribution in [2.24, 2.45) is 0 Å². The lowest BCUT2D eigenvalue weighted by molar-refractivity contribution is -0.362. The molecule has 0 rings (SSSR count). The maximum absolute atomic E-state index is 10.3. The summed E-state index contributed by atoms with van der Waals surface area (Å²) in [4.78, 5) is 20.1. The van der Waals surface area contributed by atoms with Gasteiger partial charge in [0.05, 0.1) is 5.60 Å². The van der Waals surface area contributed by atoms with Crippen molar-refractivity contribution in [2.75, 3.05) is 6.61 Å². The summed E-state index contributed by atoms with van der Waals surface area (Å²) in [5.74, 6) is 0. The normalized spacial score (nSPS) is 12.6.